The van der Waals surface area contributed by atoms with E-state index in [1.54, 1.807) is 0 Å². The van der Waals surface area contributed by atoms with Crippen LogP contribution in [0, 0.1) is 15.9 Å². The van der Waals surface area contributed by atoms with Gasteiger partial charge in [-0.25, -0.2) is 8.42 Å². The van der Waals surface area contributed by atoms with Crippen molar-refractivity contribution >= 4 is 33.0 Å². The number of benzene rings is 1. The smallest absolute Gasteiger partial charge is 0.276 e. The summed E-state index contributed by atoms with van der Waals surface area (Å²) in [4.78, 5) is 12.6. The first-order chi connectivity index (χ1) is 9.83. The zero-order valence-corrected chi connectivity index (χ0v) is 11.7. The number of hydrogen-bond acceptors (Lipinski definition) is 5. The Balaban J connectivity index is 2.53. The highest BCUT2D eigenvalue weighted by Gasteiger charge is 2.29. The van der Waals surface area contributed by atoms with Gasteiger partial charge in [0.1, 0.15) is 0 Å². The maximum Gasteiger partial charge on any atom is 0.325 e. The molecular formula is C11H7ClFN3O4S. The van der Waals surface area contributed by atoms with Crippen molar-refractivity contribution in [1.29, 1.82) is 0 Å². The van der Waals surface area contributed by atoms with Crippen molar-refractivity contribution in [2.45, 2.75) is 4.90 Å². The summed E-state index contributed by atoms with van der Waals surface area (Å²) in [7, 11) is -4.39. The number of pyridine rings is 1. The molecule has 0 fully saturated rings. The lowest BCUT2D eigenvalue weighted by atomic mass is 10.3. The van der Waals surface area contributed by atoms with Crippen LogP contribution in [0.5, 0.6) is 0 Å². The largest absolute Gasteiger partial charge is 0.325 e. The van der Waals surface area contributed by atoms with E-state index in [-0.39, 0.29) is 10.7 Å². The molecule has 0 radical (unpaired) electrons. The van der Waals surface area contributed by atoms with E-state index >= 15 is 0 Å². The summed E-state index contributed by atoms with van der Waals surface area (Å²) in [6, 6.07) is 4.11. The quantitative estimate of drug-likeness (QED) is 0.685. The second-order valence-electron chi connectivity index (χ2n) is 3.80. The van der Waals surface area contributed by atoms with Gasteiger partial charge in [0.25, 0.3) is 10.0 Å². The Morgan fingerprint density at radius 3 is 2.67 bits per heavy atom. The summed E-state index contributed by atoms with van der Waals surface area (Å²) in [5.41, 5.74) is -1.21. The molecule has 0 aliphatic carbocycles. The normalized spacial score (nSPS) is 11.1. The maximum absolute atomic E-state index is 13.5. The Kier molecular flexibility index (Phi) is 4.05. The maximum atomic E-state index is 13.5. The zero-order chi connectivity index (χ0) is 15.6. The Labute approximate surface area is 123 Å². The van der Waals surface area contributed by atoms with Gasteiger partial charge in [-0.15, -0.1) is 0 Å². The zero-order valence-electron chi connectivity index (χ0n) is 10.2. The number of aromatic nitrogens is 1. The summed E-state index contributed by atoms with van der Waals surface area (Å²) in [5, 5.41) is 10.9. The minimum atomic E-state index is -4.39. The lowest BCUT2D eigenvalue weighted by molar-refractivity contribution is -0.390. The number of rotatable bonds is 4. The van der Waals surface area contributed by atoms with Crippen molar-refractivity contribution in [1.82, 2.24) is 4.98 Å². The van der Waals surface area contributed by atoms with Crippen LogP contribution in [0.1, 0.15) is 0 Å². The van der Waals surface area contributed by atoms with E-state index in [9.17, 15) is 22.9 Å². The van der Waals surface area contributed by atoms with E-state index in [1.165, 1.54) is 12.3 Å². The van der Waals surface area contributed by atoms with Gasteiger partial charge in [0.2, 0.25) is 5.82 Å². The number of nitro groups is 1. The lowest BCUT2D eigenvalue weighted by Crippen LogP contribution is -2.15. The third kappa shape index (κ3) is 3.09. The highest BCUT2D eigenvalue weighted by atomic mass is 35.5. The molecule has 0 unspecified atom stereocenters. The number of para-hydroxylation sites is 1. The first-order valence-electron chi connectivity index (χ1n) is 5.38. The molecule has 0 aliphatic heterocycles. The van der Waals surface area contributed by atoms with Crippen LogP contribution in [-0.2, 0) is 10.0 Å². The van der Waals surface area contributed by atoms with Gasteiger partial charge in [-0.3, -0.25) is 19.8 Å². The Morgan fingerprint density at radius 1 is 1.33 bits per heavy atom. The van der Waals surface area contributed by atoms with Crippen molar-refractivity contribution in [3.63, 3.8) is 0 Å². The van der Waals surface area contributed by atoms with Crippen molar-refractivity contribution in [3.8, 4) is 0 Å². The number of nitrogens with zero attached hydrogens (tertiary/aromatic N) is 2. The van der Waals surface area contributed by atoms with Crippen molar-refractivity contribution in [3.05, 3.63) is 57.6 Å². The predicted octanol–water partition coefficient (Wildman–Crippen LogP) is 2.58. The molecule has 0 amide bonds. The van der Waals surface area contributed by atoms with E-state index in [0.717, 1.165) is 24.4 Å². The standard InChI is InChI=1S/C11H7ClFN3O4S/c12-7-4-5-14-6-9(7)15-21(19,20)10-3-1-2-8(13)11(10)16(17)18/h1-6,15H. The molecule has 1 aromatic carbocycles. The minimum Gasteiger partial charge on any atom is -0.276 e. The number of sulfonamides is 1. The molecule has 1 aromatic heterocycles. The van der Waals surface area contributed by atoms with E-state index in [4.69, 9.17) is 11.6 Å². The molecule has 0 spiro atoms. The Hall–Kier alpha value is -2.26. The molecule has 21 heavy (non-hydrogen) atoms. The molecule has 0 bridgehead atoms. The van der Waals surface area contributed by atoms with Gasteiger partial charge in [0.05, 0.1) is 21.8 Å². The van der Waals surface area contributed by atoms with E-state index < -0.39 is 31.3 Å². The number of halogens is 2. The van der Waals surface area contributed by atoms with Crippen molar-refractivity contribution < 1.29 is 17.7 Å². The summed E-state index contributed by atoms with van der Waals surface area (Å²) in [6.45, 7) is 0. The fourth-order valence-electron chi connectivity index (χ4n) is 1.54. The molecule has 110 valence electrons. The van der Waals surface area contributed by atoms with E-state index in [1.807, 2.05) is 4.72 Å². The van der Waals surface area contributed by atoms with E-state index in [2.05, 4.69) is 4.98 Å². The molecule has 1 N–H and O–H groups in total. The molecule has 2 rings (SSSR count). The Bertz CT molecular complexity index is 813. The molecular weight excluding hydrogens is 325 g/mol. The SMILES string of the molecule is O=[N+]([O-])c1c(F)cccc1S(=O)(=O)Nc1cnccc1Cl. The average Bonchev–Trinajstić information content (AvgIpc) is 2.40. The second-order valence-corrected chi connectivity index (χ2v) is 5.86. The van der Waals surface area contributed by atoms with Gasteiger partial charge in [0.15, 0.2) is 4.90 Å². The topological polar surface area (TPSA) is 102 Å². The average molecular weight is 332 g/mol. The van der Waals surface area contributed by atoms with Crippen LogP contribution in [0.4, 0.5) is 15.8 Å². The molecule has 0 aliphatic rings. The first-order valence-corrected chi connectivity index (χ1v) is 7.24. The van der Waals surface area contributed by atoms with Crippen LogP contribution in [-0.4, -0.2) is 18.3 Å². The van der Waals surface area contributed by atoms with Crippen LogP contribution in [0.25, 0.3) is 0 Å². The van der Waals surface area contributed by atoms with Gasteiger partial charge >= 0.3 is 5.69 Å². The summed E-state index contributed by atoms with van der Waals surface area (Å²) >= 11 is 5.78. The number of anilines is 1. The molecule has 2 aromatic rings. The highest BCUT2D eigenvalue weighted by Crippen LogP contribution is 2.29. The monoisotopic (exact) mass is 331 g/mol. The fraction of sp³-hybridized carbons (Fsp3) is 0. The van der Waals surface area contributed by atoms with Crippen LogP contribution < -0.4 is 4.72 Å². The molecule has 0 saturated carbocycles. The first kappa shape index (κ1) is 15.1. The number of nitrogens with one attached hydrogen (secondary N) is 1. The van der Waals surface area contributed by atoms with Crippen LogP contribution >= 0.6 is 11.6 Å². The Morgan fingerprint density at radius 2 is 2.05 bits per heavy atom. The molecule has 7 nitrogen and oxygen atoms in total. The van der Waals surface area contributed by atoms with Gasteiger partial charge < -0.3 is 0 Å². The summed E-state index contributed by atoms with van der Waals surface area (Å²) in [6.07, 6.45) is 2.47. The second kappa shape index (κ2) is 5.62. The molecule has 1 heterocycles. The van der Waals surface area contributed by atoms with Gasteiger partial charge in [-0.2, -0.15) is 4.39 Å². The van der Waals surface area contributed by atoms with Crippen LogP contribution in [0.2, 0.25) is 5.02 Å². The molecule has 0 atom stereocenters. The molecule has 10 heteroatoms. The van der Waals surface area contributed by atoms with Crippen molar-refractivity contribution in [2.75, 3.05) is 4.72 Å². The number of hydrogen-bond donors (Lipinski definition) is 1. The van der Waals surface area contributed by atoms with Gasteiger partial charge in [0, 0.05) is 6.20 Å². The predicted molar refractivity (Wildman–Crippen MR) is 73.1 cm³/mol. The third-order valence-corrected chi connectivity index (χ3v) is 4.16. The van der Waals surface area contributed by atoms with Crippen molar-refractivity contribution in [2.24, 2.45) is 0 Å². The summed E-state index contributed by atoms with van der Waals surface area (Å²) in [5.74, 6) is -1.25. The lowest BCUT2D eigenvalue weighted by Gasteiger charge is -2.09. The van der Waals surface area contributed by atoms with Gasteiger partial charge in [-0.1, -0.05) is 17.7 Å². The van der Waals surface area contributed by atoms with Crippen LogP contribution in [0.15, 0.2) is 41.6 Å². The van der Waals surface area contributed by atoms with E-state index in [0.29, 0.717) is 0 Å². The highest BCUT2D eigenvalue weighted by molar-refractivity contribution is 7.92. The molecule has 0 saturated heterocycles. The minimum absolute atomic E-state index is 0.0487. The number of nitro benzene ring substituents is 1. The summed E-state index contributed by atoms with van der Waals surface area (Å²) < 4.78 is 39.8. The fourth-order valence-corrected chi connectivity index (χ4v) is 3.00. The third-order valence-electron chi connectivity index (χ3n) is 2.43. The van der Waals surface area contributed by atoms with Crippen LogP contribution in [0.3, 0.4) is 0 Å². The van der Waals surface area contributed by atoms with Gasteiger partial charge in [-0.05, 0) is 18.2 Å².